The van der Waals surface area contributed by atoms with Crippen molar-refractivity contribution in [3.05, 3.63) is 17.2 Å². The molecule has 6 nitrogen and oxygen atoms in total. The Labute approximate surface area is 141 Å². The zero-order valence-electron chi connectivity index (χ0n) is 13.2. The predicted molar refractivity (Wildman–Crippen MR) is 84.2 cm³/mol. The molecule has 0 radical (unpaired) electrons. The van der Waals surface area contributed by atoms with Crippen molar-refractivity contribution in [3.8, 4) is 0 Å². The number of rotatable bonds is 6. The molecule has 0 saturated carbocycles. The van der Waals surface area contributed by atoms with Crippen LogP contribution in [0.2, 0.25) is 0 Å². The number of anilines is 1. The number of nitrogens with zero attached hydrogens (tertiary/aromatic N) is 4. The first-order chi connectivity index (χ1) is 11.3. The molecule has 1 N–H and O–H groups in total. The van der Waals surface area contributed by atoms with E-state index in [0.29, 0.717) is 37.5 Å². The summed E-state index contributed by atoms with van der Waals surface area (Å²) in [6, 6.07) is -0.709. The quantitative estimate of drug-likeness (QED) is 0.782. The summed E-state index contributed by atoms with van der Waals surface area (Å²) < 4.78 is 37.7. The Morgan fingerprint density at radius 1 is 1.33 bits per heavy atom. The van der Waals surface area contributed by atoms with Gasteiger partial charge in [0.15, 0.2) is 0 Å². The maximum Gasteiger partial charge on any atom is 0.445 e. The molecular formula is C14H19F3N4O2S. The lowest BCUT2D eigenvalue weighted by Crippen LogP contribution is -2.52. The summed E-state index contributed by atoms with van der Waals surface area (Å²) in [7, 11) is 0. The number of hydrogen-bond acceptors (Lipinski definition) is 6. The summed E-state index contributed by atoms with van der Waals surface area (Å²) in [6.07, 6.45) is 0.792. The molecule has 1 aliphatic heterocycles. The highest BCUT2D eigenvalue weighted by Crippen LogP contribution is 2.34. The number of unbranched alkanes of at least 4 members (excludes halogenated alkanes) is 1. The number of halogens is 3. The lowest BCUT2D eigenvalue weighted by atomic mass is 10.1. The highest BCUT2D eigenvalue weighted by Gasteiger charge is 2.37. The largest absolute Gasteiger partial charge is 0.480 e. The maximum absolute atomic E-state index is 12.6. The van der Waals surface area contributed by atoms with Gasteiger partial charge in [-0.3, -0.25) is 9.69 Å². The maximum atomic E-state index is 12.6. The Hall–Kier alpha value is -1.68. The van der Waals surface area contributed by atoms with Crippen molar-refractivity contribution in [1.82, 2.24) is 15.1 Å². The van der Waals surface area contributed by atoms with Crippen molar-refractivity contribution in [2.45, 2.75) is 32.0 Å². The van der Waals surface area contributed by atoms with E-state index in [1.54, 1.807) is 15.9 Å². The molecule has 24 heavy (non-hydrogen) atoms. The summed E-state index contributed by atoms with van der Waals surface area (Å²) in [5.41, 5.74) is 0. The average molecular weight is 364 g/mol. The van der Waals surface area contributed by atoms with Crippen molar-refractivity contribution in [1.29, 1.82) is 0 Å². The Kier molecular flexibility index (Phi) is 6.16. The molecule has 0 aliphatic carbocycles. The van der Waals surface area contributed by atoms with Gasteiger partial charge in [-0.05, 0) is 6.42 Å². The summed E-state index contributed by atoms with van der Waals surface area (Å²) >= 11 is 0.509. The van der Waals surface area contributed by atoms with Gasteiger partial charge in [0, 0.05) is 26.2 Å². The molecule has 1 aromatic rings. The number of aromatic nitrogens is 2. The number of carboxylic acid groups (broad SMARTS) is 1. The van der Waals surface area contributed by atoms with Gasteiger partial charge in [-0.1, -0.05) is 36.8 Å². The highest BCUT2D eigenvalue weighted by atomic mass is 32.1. The fraction of sp³-hybridized carbons (Fsp3) is 0.643. The van der Waals surface area contributed by atoms with Crippen molar-refractivity contribution in [2.24, 2.45) is 0 Å². The molecule has 1 fully saturated rings. The van der Waals surface area contributed by atoms with Crippen molar-refractivity contribution < 1.29 is 23.1 Å². The monoisotopic (exact) mass is 364 g/mol. The smallest absolute Gasteiger partial charge is 0.445 e. The lowest BCUT2D eigenvalue weighted by molar-refractivity contribution is -0.141. The van der Waals surface area contributed by atoms with Gasteiger partial charge in [0.25, 0.3) is 0 Å². The van der Waals surface area contributed by atoms with E-state index < -0.39 is 23.2 Å². The van der Waals surface area contributed by atoms with Crippen LogP contribution in [0.3, 0.4) is 0 Å². The van der Waals surface area contributed by atoms with Gasteiger partial charge < -0.3 is 10.0 Å². The molecule has 2 heterocycles. The van der Waals surface area contributed by atoms with Crippen LogP contribution in [-0.4, -0.2) is 58.4 Å². The zero-order valence-corrected chi connectivity index (χ0v) is 14.0. The Morgan fingerprint density at radius 2 is 2.00 bits per heavy atom. The van der Waals surface area contributed by atoms with E-state index in [2.05, 4.69) is 10.2 Å². The predicted octanol–water partition coefficient (Wildman–Crippen LogP) is 2.49. The van der Waals surface area contributed by atoms with Crippen LogP contribution in [0.4, 0.5) is 18.3 Å². The molecule has 1 aromatic heterocycles. The standard InChI is InChI=1S/C14H19F3N4O2S/c1-2-3-4-5-10(11(22)23)20-6-8-21(9-7-20)13-19-18-12(24-13)14(15,16)17/h4-5,10H,2-3,6-9H2,1H3,(H,22,23)/b5-4+/t10-/m1/s1. The van der Waals surface area contributed by atoms with Gasteiger partial charge in [0.1, 0.15) is 6.04 Å². The molecule has 134 valence electrons. The Bertz CT molecular complexity index is 583. The first-order valence-electron chi connectivity index (χ1n) is 7.62. The molecule has 0 aromatic carbocycles. The SMILES string of the molecule is CCC/C=C/[C@H](C(=O)O)N1CCN(c2nnc(C(F)(F)F)s2)CC1. The number of carboxylic acids is 1. The van der Waals surface area contributed by atoms with Crippen LogP contribution in [-0.2, 0) is 11.0 Å². The topological polar surface area (TPSA) is 69.6 Å². The van der Waals surface area contributed by atoms with Crippen LogP contribution in [0.15, 0.2) is 12.2 Å². The summed E-state index contributed by atoms with van der Waals surface area (Å²) in [4.78, 5) is 14.9. The molecule has 10 heteroatoms. The third kappa shape index (κ3) is 4.67. The van der Waals surface area contributed by atoms with Gasteiger partial charge >= 0.3 is 12.1 Å². The van der Waals surface area contributed by atoms with Crippen molar-refractivity contribution >= 4 is 22.4 Å². The number of aliphatic carboxylic acids is 1. The van der Waals surface area contributed by atoms with Gasteiger partial charge in [-0.25, -0.2) is 0 Å². The van der Waals surface area contributed by atoms with E-state index in [-0.39, 0.29) is 5.13 Å². The minimum Gasteiger partial charge on any atom is -0.480 e. The van der Waals surface area contributed by atoms with E-state index >= 15 is 0 Å². The third-order valence-corrected chi connectivity index (χ3v) is 4.69. The zero-order chi connectivity index (χ0) is 17.7. The first-order valence-corrected chi connectivity index (χ1v) is 8.43. The molecule has 0 spiro atoms. The van der Waals surface area contributed by atoms with Crippen molar-refractivity contribution in [3.63, 3.8) is 0 Å². The fourth-order valence-corrected chi connectivity index (χ4v) is 3.16. The van der Waals surface area contributed by atoms with Crippen LogP contribution in [0.1, 0.15) is 24.8 Å². The lowest BCUT2D eigenvalue weighted by Gasteiger charge is -2.36. The second kappa shape index (κ2) is 7.93. The average Bonchev–Trinajstić information content (AvgIpc) is 3.02. The summed E-state index contributed by atoms with van der Waals surface area (Å²) in [5.74, 6) is -0.925. The van der Waals surface area contributed by atoms with E-state index in [1.165, 1.54) is 0 Å². The van der Waals surface area contributed by atoms with Gasteiger partial charge in [0.2, 0.25) is 10.1 Å². The molecule has 0 bridgehead atoms. The van der Waals surface area contributed by atoms with Crippen LogP contribution >= 0.6 is 11.3 Å². The van der Waals surface area contributed by atoms with E-state index in [1.807, 2.05) is 13.0 Å². The van der Waals surface area contributed by atoms with E-state index in [4.69, 9.17) is 0 Å². The molecule has 2 rings (SSSR count). The number of hydrogen-bond donors (Lipinski definition) is 1. The highest BCUT2D eigenvalue weighted by molar-refractivity contribution is 7.15. The number of allylic oxidation sites excluding steroid dienone is 1. The Balaban J connectivity index is 1.97. The number of piperazine rings is 1. The minimum absolute atomic E-state index is 0.218. The van der Waals surface area contributed by atoms with E-state index in [0.717, 1.165) is 12.8 Å². The molecule has 1 aliphatic rings. The number of carbonyl (C=O) groups is 1. The number of alkyl halides is 3. The Morgan fingerprint density at radius 3 is 2.50 bits per heavy atom. The van der Waals surface area contributed by atoms with Crippen molar-refractivity contribution in [2.75, 3.05) is 31.1 Å². The van der Waals surface area contributed by atoms with Gasteiger partial charge in [0.05, 0.1) is 0 Å². The second-order valence-electron chi connectivity index (χ2n) is 5.41. The molecule has 0 amide bonds. The third-order valence-electron chi connectivity index (χ3n) is 3.66. The molecule has 0 unspecified atom stereocenters. The molecular weight excluding hydrogens is 345 g/mol. The fourth-order valence-electron chi connectivity index (χ4n) is 2.40. The van der Waals surface area contributed by atoms with Crippen LogP contribution in [0.5, 0.6) is 0 Å². The minimum atomic E-state index is -4.49. The summed E-state index contributed by atoms with van der Waals surface area (Å²) in [5, 5.41) is 15.4. The molecule has 1 atom stereocenters. The van der Waals surface area contributed by atoms with E-state index in [9.17, 15) is 23.1 Å². The van der Waals surface area contributed by atoms with Crippen LogP contribution < -0.4 is 4.90 Å². The van der Waals surface area contributed by atoms with Gasteiger partial charge in [-0.15, -0.1) is 10.2 Å². The molecule has 1 saturated heterocycles. The summed E-state index contributed by atoms with van der Waals surface area (Å²) in [6.45, 7) is 3.72. The van der Waals surface area contributed by atoms with Gasteiger partial charge in [-0.2, -0.15) is 13.2 Å². The second-order valence-corrected chi connectivity index (χ2v) is 6.37. The van der Waals surface area contributed by atoms with Crippen LogP contribution in [0, 0.1) is 0 Å². The first kappa shape index (κ1) is 18.7. The normalized spacial score (nSPS) is 18.2. The van der Waals surface area contributed by atoms with Crippen LogP contribution in [0.25, 0.3) is 0 Å².